The van der Waals surface area contributed by atoms with Gasteiger partial charge < -0.3 is 9.84 Å². The summed E-state index contributed by atoms with van der Waals surface area (Å²) >= 11 is 13.0. The third-order valence-electron chi connectivity index (χ3n) is 6.84. The largest absolute Gasteiger partial charge is 0.489 e. The Morgan fingerprint density at radius 3 is 2.52 bits per heavy atom. The third kappa shape index (κ3) is 3.15. The van der Waals surface area contributed by atoms with E-state index in [4.69, 9.17) is 27.9 Å². The highest BCUT2D eigenvalue weighted by atomic mass is 35.5. The summed E-state index contributed by atoms with van der Waals surface area (Å²) in [5, 5.41) is 9.72. The molecular formula is C21H24Cl2O4. The SMILES string of the molecule is C[C@@]1(C2CCCC2)Cc2cc(O[C@H]3CC[C@H](C(=O)O)C3)c(Cl)c(Cl)c2C1=O. The summed E-state index contributed by atoms with van der Waals surface area (Å²) in [7, 11) is 0. The van der Waals surface area contributed by atoms with Gasteiger partial charge in [0.25, 0.3) is 0 Å². The van der Waals surface area contributed by atoms with Crippen LogP contribution in [-0.2, 0) is 11.2 Å². The van der Waals surface area contributed by atoms with Crippen molar-refractivity contribution in [2.24, 2.45) is 17.3 Å². The number of Topliss-reactive ketones (excluding diaryl/α,β-unsaturated/α-hetero) is 1. The van der Waals surface area contributed by atoms with Gasteiger partial charge in [-0.2, -0.15) is 0 Å². The number of hydrogen-bond donors (Lipinski definition) is 1. The van der Waals surface area contributed by atoms with Crippen LogP contribution in [0.2, 0.25) is 10.0 Å². The van der Waals surface area contributed by atoms with Gasteiger partial charge in [-0.05, 0) is 56.1 Å². The van der Waals surface area contributed by atoms with Gasteiger partial charge in [-0.15, -0.1) is 0 Å². The summed E-state index contributed by atoms with van der Waals surface area (Å²) in [5.74, 6) is -0.180. The van der Waals surface area contributed by atoms with Crippen molar-refractivity contribution in [2.75, 3.05) is 0 Å². The smallest absolute Gasteiger partial charge is 0.306 e. The summed E-state index contributed by atoms with van der Waals surface area (Å²) in [6.07, 6.45) is 6.78. The zero-order chi connectivity index (χ0) is 19.3. The van der Waals surface area contributed by atoms with Crippen molar-refractivity contribution in [3.8, 4) is 5.75 Å². The van der Waals surface area contributed by atoms with Gasteiger partial charge in [0.1, 0.15) is 10.8 Å². The second-order valence-corrected chi connectivity index (χ2v) is 9.29. The van der Waals surface area contributed by atoms with Crippen LogP contribution in [0, 0.1) is 17.3 Å². The first kappa shape index (κ1) is 19.1. The quantitative estimate of drug-likeness (QED) is 0.705. The van der Waals surface area contributed by atoms with Crippen molar-refractivity contribution < 1.29 is 19.4 Å². The van der Waals surface area contributed by atoms with Crippen LogP contribution in [0.3, 0.4) is 0 Å². The Hall–Kier alpha value is -1.26. The number of hydrogen-bond acceptors (Lipinski definition) is 3. The Morgan fingerprint density at radius 2 is 1.89 bits per heavy atom. The van der Waals surface area contributed by atoms with Gasteiger partial charge in [0, 0.05) is 11.0 Å². The molecule has 0 aromatic heterocycles. The van der Waals surface area contributed by atoms with E-state index in [9.17, 15) is 14.7 Å². The summed E-state index contributed by atoms with van der Waals surface area (Å²) < 4.78 is 6.03. The average molecular weight is 411 g/mol. The minimum Gasteiger partial charge on any atom is -0.489 e. The van der Waals surface area contributed by atoms with Crippen molar-refractivity contribution in [3.63, 3.8) is 0 Å². The van der Waals surface area contributed by atoms with E-state index in [1.807, 2.05) is 6.07 Å². The number of aliphatic carboxylic acids is 1. The first-order chi connectivity index (χ1) is 12.8. The molecule has 1 N–H and O–H groups in total. The van der Waals surface area contributed by atoms with E-state index in [1.165, 1.54) is 12.8 Å². The highest BCUT2D eigenvalue weighted by Gasteiger charge is 2.49. The van der Waals surface area contributed by atoms with Crippen LogP contribution < -0.4 is 4.74 Å². The zero-order valence-electron chi connectivity index (χ0n) is 15.4. The molecule has 146 valence electrons. The Labute approximate surface area is 169 Å². The average Bonchev–Trinajstić information content (AvgIpc) is 3.34. The number of fused-ring (bicyclic) bond motifs is 1. The lowest BCUT2D eigenvalue weighted by atomic mass is 9.73. The molecule has 6 heteroatoms. The van der Waals surface area contributed by atoms with Gasteiger partial charge >= 0.3 is 5.97 Å². The Morgan fingerprint density at radius 1 is 1.19 bits per heavy atom. The highest BCUT2D eigenvalue weighted by molar-refractivity contribution is 6.45. The Balaban J connectivity index is 1.61. The fraction of sp³-hybridized carbons (Fsp3) is 0.619. The lowest BCUT2D eigenvalue weighted by Crippen LogP contribution is -2.32. The fourth-order valence-corrected chi connectivity index (χ4v) is 5.72. The first-order valence-corrected chi connectivity index (χ1v) is 10.5. The number of ketones is 1. The molecule has 1 aromatic rings. The maximum Gasteiger partial charge on any atom is 0.306 e. The van der Waals surface area contributed by atoms with Crippen molar-refractivity contribution in [1.29, 1.82) is 0 Å². The first-order valence-electron chi connectivity index (χ1n) is 9.76. The Bertz CT molecular complexity index is 800. The zero-order valence-corrected chi connectivity index (χ0v) is 16.9. The van der Waals surface area contributed by atoms with Crippen molar-refractivity contribution in [2.45, 2.75) is 64.4 Å². The molecule has 0 aliphatic heterocycles. The number of carboxylic acids is 1. The van der Waals surface area contributed by atoms with Gasteiger partial charge in [0.05, 0.1) is 17.0 Å². The second-order valence-electron chi connectivity index (χ2n) is 8.53. The molecule has 2 fully saturated rings. The fourth-order valence-electron chi connectivity index (χ4n) is 5.23. The maximum absolute atomic E-state index is 13.2. The Kier molecular flexibility index (Phi) is 4.92. The minimum atomic E-state index is -0.780. The van der Waals surface area contributed by atoms with Crippen LogP contribution in [0.15, 0.2) is 6.07 Å². The summed E-state index contributed by atoms with van der Waals surface area (Å²) in [6.45, 7) is 2.06. The molecule has 0 bridgehead atoms. The van der Waals surface area contributed by atoms with E-state index in [0.717, 1.165) is 18.4 Å². The van der Waals surface area contributed by atoms with Gasteiger partial charge in [0.15, 0.2) is 5.78 Å². The second kappa shape index (κ2) is 6.97. The molecule has 0 saturated heterocycles. The lowest BCUT2D eigenvalue weighted by Gasteiger charge is -2.29. The molecular weight excluding hydrogens is 387 g/mol. The molecule has 3 aliphatic rings. The minimum absolute atomic E-state index is 0.106. The third-order valence-corrected chi connectivity index (χ3v) is 7.69. The standard InChI is InChI=1S/C21H24Cl2O4/c1-21(13-4-2-3-5-13)10-12-9-15(17(22)18(23)16(12)19(21)24)27-14-7-6-11(8-14)20(25)26/h9,11,13-14H,2-8,10H2,1H3,(H,25,26)/t11-,14-,21-/m0/s1. The van der Waals surface area contributed by atoms with E-state index in [1.54, 1.807) is 0 Å². The van der Waals surface area contributed by atoms with Gasteiger partial charge in [-0.1, -0.05) is 43.0 Å². The molecule has 0 unspecified atom stereocenters. The predicted molar refractivity (Wildman–Crippen MR) is 104 cm³/mol. The number of benzene rings is 1. The molecule has 4 nitrogen and oxygen atoms in total. The summed E-state index contributed by atoms with van der Waals surface area (Å²) in [4.78, 5) is 24.4. The van der Waals surface area contributed by atoms with E-state index < -0.39 is 11.4 Å². The van der Waals surface area contributed by atoms with Crippen LogP contribution in [0.5, 0.6) is 5.75 Å². The van der Waals surface area contributed by atoms with Crippen LogP contribution >= 0.6 is 23.2 Å². The lowest BCUT2D eigenvalue weighted by molar-refractivity contribution is -0.141. The molecule has 27 heavy (non-hydrogen) atoms. The van der Waals surface area contributed by atoms with E-state index in [-0.39, 0.29) is 27.9 Å². The molecule has 1 aromatic carbocycles. The van der Waals surface area contributed by atoms with Gasteiger partial charge in [0.2, 0.25) is 0 Å². The van der Waals surface area contributed by atoms with E-state index in [0.29, 0.717) is 42.9 Å². The number of halogens is 2. The highest BCUT2D eigenvalue weighted by Crippen LogP contribution is 2.52. The van der Waals surface area contributed by atoms with E-state index in [2.05, 4.69) is 6.92 Å². The van der Waals surface area contributed by atoms with Crippen molar-refractivity contribution in [3.05, 3.63) is 27.2 Å². The number of ether oxygens (including phenoxy) is 1. The molecule has 0 heterocycles. The monoisotopic (exact) mass is 410 g/mol. The van der Waals surface area contributed by atoms with E-state index >= 15 is 0 Å². The number of carbonyl (C=O) groups is 2. The molecule has 0 spiro atoms. The van der Waals surface area contributed by atoms with Gasteiger partial charge in [-0.25, -0.2) is 0 Å². The van der Waals surface area contributed by atoms with Gasteiger partial charge in [-0.3, -0.25) is 9.59 Å². The summed E-state index contributed by atoms with van der Waals surface area (Å²) in [5.41, 5.74) is 1.05. The molecule has 4 rings (SSSR count). The van der Waals surface area contributed by atoms with Crippen molar-refractivity contribution >= 4 is 35.0 Å². The number of carbonyl (C=O) groups excluding carboxylic acids is 1. The molecule has 3 aliphatic carbocycles. The number of rotatable bonds is 4. The predicted octanol–water partition coefficient (Wildman–Crippen LogP) is 5.56. The normalized spacial score (nSPS) is 30.7. The van der Waals surface area contributed by atoms with Crippen LogP contribution in [0.25, 0.3) is 0 Å². The number of carboxylic acid groups (broad SMARTS) is 1. The van der Waals surface area contributed by atoms with Crippen molar-refractivity contribution in [1.82, 2.24) is 0 Å². The molecule has 0 radical (unpaired) electrons. The molecule has 0 amide bonds. The topological polar surface area (TPSA) is 63.6 Å². The molecule has 2 saturated carbocycles. The van der Waals surface area contributed by atoms with Crippen LogP contribution in [0.1, 0.15) is 67.8 Å². The van der Waals surface area contributed by atoms with Crippen LogP contribution in [0.4, 0.5) is 0 Å². The molecule has 3 atom stereocenters. The summed E-state index contributed by atoms with van der Waals surface area (Å²) in [6, 6.07) is 1.86. The maximum atomic E-state index is 13.2. The van der Waals surface area contributed by atoms with Crippen LogP contribution in [-0.4, -0.2) is 23.0 Å².